The molecule has 1 saturated heterocycles. The van der Waals surface area contributed by atoms with Crippen molar-refractivity contribution in [2.45, 2.75) is 45.6 Å². The van der Waals surface area contributed by atoms with Gasteiger partial charge in [-0.3, -0.25) is 9.59 Å². The molecule has 1 unspecified atom stereocenters. The van der Waals surface area contributed by atoms with Gasteiger partial charge in [0.05, 0.1) is 0 Å². The van der Waals surface area contributed by atoms with Gasteiger partial charge in [0.15, 0.2) is 0 Å². The lowest BCUT2D eigenvalue weighted by Crippen LogP contribution is -2.48. The normalized spacial score (nSPS) is 21.3. The number of likely N-dealkylation sites (tertiary alicyclic amines) is 1. The van der Waals surface area contributed by atoms with Crippen molar-refractivity contribution in [3.63, 3.8) is 0 Å². The number of rotatable bonds is 3. The standard InChI is InChI=1S/C22H33N3O2/c1-16(2)21(26)24-13-11-18(12-14-24)22(27)25-15-19(23(3)4)10-9-17-7-5-6-8-20(17)25/h5-8,16,18-19H,9-15H2,1-4H3. The largest absolute Gasteiger partial charge is 0.342 e. The van der Waals surface area contributed by atoms with Crippen LogP contribution in [-0.2, 0) is 16.0 Å². The molecule has 1 atom stereocenters. The fraction of sp³-hybridized carbons (Fsp3) is 0.636. The van der Waals surface area contributed by atoms with Gasteiger partial charge < -0.3 is 14.7 Å². The zero-order chi connectivity index (χ0) is 19.6. The van der Waals surface area contributed by atoms with E-state index in [-0.39, 0.29) is 23.7 Å². The number of benzene rings is 1. The van der Waals surface area contributed by atoms with Crippen LogP contribution in [0.25, 0.3) is 0 Å². The van der Waals surface area contributed by atoms with Gasteiger partial charge >= 0.3 is 0 Å². The maximum atomic E-state index is 13.5. The molecule has 0 radical (unpaired) electrons. The number of amides is 2. The molecule has 0 aromatic heterocycles. The topological polar surface area (TPSA) is 43.9 Å². The SMILES string of the molecule is CC(C)C(=O)N1CCC(C(=O)N2CC(N(C)C)CCc3ccccc32)CC1. The van der Waals surface area contributed by atoms with Gasteiger partial charge in [-0.1, -0.05) is 32.0 Å². The maximum absolute atomic E-state index is 13.5. The minimum Gasteiger partial charge on any atom is -0.342 e. The van der Waals surface area contributed by atoms with E-state index in [2.05, 4.69) is 37.2 Å². The van der Waals surface area contributed by atoms with Crippen LogP contribution in [0.3, 0.4) is 0 Å². The van der Waals surface area contributed by atoms with Crippen LogP contribution in [0.15, 0.2) is 24.3 Å². The Morgan fingerprint density at radius 3 is 2.37 bits per heavy atom. The molecule has 5 nitrogen and oxygen atoms in total. The van der Waals surface area contributed by atoms with Crippen molar-refractivity contribution in [1.82, 2.24) is 9.80 Å². The molecule has 2 aliphatic heterocycles. The molecule has 2 aliphatic rings. The number of para-hydroxylation sites is 1. The number of hydrogen-bond acceptors (Lipinski definition) is 3. The van der Waals surface area contributed by atoms with Crippen molar-refractivity contribution >= 4 is 17.5 Å². The lowest BCUT2D eigenvalue weighted by molar-refractivity contribution is -0.137. The summed E-state index contributed by atoms with van der Waals surface area (Å²) in [4.78, 5) is 31.9. The molecule has 5 heteroatoms. The summed E-state index contributed by atoms with van der Waals surface area (Å²) in [6.45, 7) is 6.01. The molecule has 0 bridgehead atoms. The summed E-state index contributed by atoms with van der Waals surface area (Å²) in [5.41, 5.74) is 2.34. The van der Waals surface area contributed by atoms with E-state index in [9.17, 15) is 9.59 Å². The summed E-state index contributed by atoms with van der Waals surface area (Å²) in [6, 6.07) is 8.69. The number of piperidine rings is 1. The second-order valence-corrected chi connectivity index (χ2v) is 8.49. The molecular formula is C22H33N3O2. The summed E-state index contributed by atoms with van der Waals surface area (Å²) in [7, 11) is 4.19. The number of anilines is 1. The Labute approximate surface area is 163 Å². The smallest absolute Gasteiger partial charge is 0.230 e. The van der Waals surface area contributed by atoms with Crippen molar-refractivity contribution in [3.8, 4) is 0 Å². The van der Waals surface area contributed by atoms with Crippen LogP contribution >= 0.6 is 0 Å². The van der Waals surface area contributed by atoms with E-state index in [1.807, 2.05) is 29.7 Å². The lowest BCUT2D eigenvalue weighted by Gasteiger charge is -2.36. The van der Waals surface area contributed by atoms with Gasteiger partial charge in [-0.15, -0.1) is 0 Å². The Kier molecular flexibility index (Phi) is 6.20. The fourth-order valence-corrected chi connectivity index (χ4v) is 4.27. The van der Waals surface area contributed by atoms with Crippen LogP contribution in [-0.4, -0.2) is 61.4 Å². The van der Waals surface area contributed by atoms with Gasteiger partial charge in [-0.2, -0.15) is 0 Å². The molecule has 1 aromatic carbocycles. The molecule has 0 saturated carbocycles. The van der Waals surface area contributed by atoms with E-state index in [0.717, 1.165) is 37.9 Å². The molecule has 0 aliphatic carbocycles. The van der Waals surface area contributed by atoms with Crippen molar-refractivity contribution in [2.75, 3.05) is 38.6 Å². The molecule has 148 valence electrons. The number of carbonyl (C=O) groups excluding carboxylic acids is 2. The molecule has 2 heterocycles. The van der Waals surface area contributed by atoms with Gasteiger partial charge in [-0.25, -0.2) is 0 Å². The van der Waals surface area contributed by atoms with E-state index < -0.39 is 0 Å². The van der Waals surface area contributed by atoms with E-state index in [1.165, 1.54) is 5.56 Å². The van der Waals surface area contributed by atoms with E-state index in [4.69, 9.17) is 0 Å². The van der Waals surface area contributed by atoms with Crippen molar-refractivity contribution in [1.29, 1.82) is 0 Å². The number of aryl methyl sites for hydroxylation is 1. The second-order valence-electron chi connectivity index (χ2n) is 8.49. The highest BCUT2D eigenvalue weighted by atomic mass is 16.2. The van der Waals surface area contributed by atoms with Crippen molar-refractivity contribution in [3.05, 3.63) is 29.8 Å². The third kappa shape index (κ3) is 4.34. The van der Waals surface area contributed by atoms with Gasteiger partial charge in [-0.05, 0) is 51.4 Å². The first-order chi connectivity index (χ1) is 12.9. The van der Waals surface area contributed by atoms with E-state index in [1.54, 1.807) is 0 Å². The van der Waals surface area contributed by atoms with Crippen LogP contribution in [0, 0.1) is 11.8 Å². The van der Waals surface area contributed by atoms with Crippen LogP contribution in [0.2, 0.25) is 0 Å². The average Bonchev–Trinajstić information content (AvgIpc) is 2.87. The first-order valence-electron chi connectivity index (χ1n) is 10.2. The summed E-state index contributed by atoms with van der Waals surface area (Å²) in [6.07, 6.45) is 3.60. The Hall–Kier alpha value is -1.88. The fourth-order valence-electron chi connectivity index (χ4n) is 4.27. The van der Waals surface area contributed by atoms with Gasteiger partial charge in [0.1, 0.15) is 0 Å². The van der Waals surface area contributed by atoms with Gasteiger partial charge in [0.25, 0.3) is 0 Å². The molecule has 1 aromatic rings. The Morgan fingerprint density at radius 2 is 1.74 bits per heavy atom. The quantitative estimate of drug-likeness (QED) is 0.821. The van der Waals surface area contributed by atoms with Crippen LogP contribution < -0.4 is 4.90 Å². The minimum absolute atomic E-state index is 0.00943. The first kappa shape index (κ1) is 19.9. The number of hydrogen-bond donors (Lipinski definition) is 0. The van der Waals surface area contributed by atoms with Crippen molar-refractivity contribution < 1.29 is 9.59 Å². The Balaban J connectivity index is 1.75. The molecule has 3 rings (SSSR count). The summed E-state index contributed by atoms with van der Waals surface area (Å²) in [5.74, 6) is 0.465. The predicted octanol–water partition coefficient (Wildman–Crippen LogP) is 2.79. The van der Waals surface area contributed by atoms with Gasteiger partial charge in [0.2, 0.25) is 11.8 Å². The van der Waals surface area contributed by atoms with Crippen LogP contribution in [0.1, 0.15) is 38.7 Å². The maximum Gasteiger partial charge on any atom is 0.230 e. The minimum atomic E-state index is 0.00943. The lowest BCUT2D eigenvalue weighted by atomic mass is 9.94. The first-order valence-corrected chi connectivity index (χ1v) is 10.2. The summed E-state index contributed by atoms with van der Waals surface area (Å²) in [5, 5.41) is 0. The van der Waals surface area contributed by atoms with E-state index >= 15 is 0 Å². The number of fused-ring (bicyclic) bond motifs is 1. The third-order valence-corrected chi connectivity index (χ3v) is 6.07. The Bertz CT molecular complexity index is 678. The zero-order valence-electron chi connectivity index (χ0n) is 17.1. The highest BCUT2D eigenvalue weighted by molar-refractivity contribution is 5.96. The zero-order valence-corrected chi connectivity index (χ0v) is 17.1. The third-order valence-electron chi connectivity index (χ3n) is 6.07. The van der Waals surface area contributed by atoms with Crippen LogP contribution in [0.4, 0.5) is 5.69 Å². The summed E-state index contributed by atoms with van der Waals surface area (Å²) >= 11 is 0. The average molecular weight is 372 g/mol. The molecule has 0 spiro atoms. The van der Waals surface area contributed by atoms with Crippen LogP contribution in [0.5, 0.6) is 0 Å². The monoisotopic (exact) mass is 371 g/mol. The molecule has 0 N–H and O–H groups in total. The highest BCUT2D eigenvalue weighted by Crippen LogP contribution is 2.31. The molecular weight excluding hydrogens is 338 g/mol. The van der Waals surface area contributed by atoms with E-state index in [0.29, 0.717) is 19.1 Å². The summed E-state index contributed by atoms with van der Waals surface area (Å²) < 4.78 is 0. The number of nitrogens with zero attached hydrogens (tertiary/aromatic N) is 3. The second kappa shape index (κ2) is 8.42. The highest BCUT2D eigenvalue weighted by Gasteiger charge is 2.34. The van der Waals surface area contributed by atoms with Gasteiger partial charge in [0, 0.05) is 43.2 Å². The Morgan fingerprint density at radius 1 is 1.07 bits per heavy atom. The molecule has 27 heavy (non-hydrogen) atoms. The van der Waals surface area contributed by atoms with Crippen molar-refractivity contribution in [2.24, 2.45) is 11.8 Å². The molecule has 1 fully saturated rings. The molecule has 2 amide bonds. The number of likely N-dealkylation sites (N-methyl/N-ethyl adjacent to an activating group) is 1. The number of carbonyl (C=O) groups is 2. The predicted molar refractivity (Wildman–Crippen MR) is 109 cm³/mol.